The maximum atomic E-state index is 11.2. The lowest BCUT2D eigenvalue weighted by atomic mass is 9.81. The van der Waals surface area contributed by atoms with Crippen LogP contribution in [0.3, 0.4) is 0 Å². The second-order valence-corrected chi connectivity index (χ2v) is 7.25. The Morgan fingerprint density at radius 1 is 1.00 bits per heavy atom. The van der Waals surface area contributed by atoms with Gasteiger partial charge in [0.15, 0.2) is 0 Å². The third-order valence-electron chi connectivity index (χ3n) is 5.70. The standard InChI is InChI=1S/C20H21N3O/c24-20(11-15-5-6-16(12-20)23-15)14-3-1-13(2-4-14)17-7-9-21-19-18(17)8-10-22-19/h1-4,7-10,15-16,23-24H,5-6,11-12H2,(H,21,22). The first-order valence-electron chi connectivity index (χ1n) is 8.73. The number of aromatic amines is 1. The highest BCUT2D eigenvalue weighted by Gasteiger charge is 2.43. The lowest BCUT2D eigenvalue weighted by molar-refractivity contribution is -0.0114. The van der Waals surface area contributed by atoms with Crippen molar-refractivity contribution in [2.24, 2.45) is 0 Å². The van der Waals surface area contributed by atoms with Gasteiger partial charge in [-0.15, -0.1) is 0 Å². The number of aliphatic hydroxyl groups is 1. The number of piperidine rings is 1. The van der Waals surface area contributed by atoms with Crippen LogP contribution in [0.5, 0.6) is 0 Å². The average Bonchev–Trinajstić information content (AvgIpc) is 3.21. The van der Waals surface area contributed by atoms with E-state index < -0.39 is 5.60 Å². The molecule has 0 aliphatic carbocycles. The first-order chi connectivity index (χ1) is 11.7. The van der Waals surface area contributed by atoms with E-state index in [1.54, 1.807) is 0 Å². The van der Waals surface area contributed by atoms with Crippen molar-refractivity contribution in [3.05, 3.63) is 54.4 Å². The van der Waals surface area contributed by atoms with E-state index >= 15 is 0 Å². The van der Waals surface area contributed by atoms with E-state index in [4.69, 9.17) is 0 Å². The average molecular weight is 319 g/mol. The number of pyridine rings is 1. The summed E-state index contributed by atoms with van der Waals surface area (Å²) in [5.41, 5.74) is 3.60. The molecule has 0 saturated carbocycles. The summed E-state index contributed by atoms with van der Waals surface area (Å²) in [5.74, 6) is 0. The molecule has 4 heterocycles. The third kappa shape index (κ3) is 2.18. The van der Waals surface area contributed by atoms with Gasteiger partial charge < -0.3 is 15.4 Å². The Morgan fingerprint density at radius 3 is 2.50 bits per heavy atom. The van der Waals surface area contributed by atoms with E-state index in [0.29, 0.717) is 12.1 Å². The van der Waals surface area contributed by atoms with Crippen molar-refractivity contribution in [1.82, 2.24) is 15.3 Å². The molecule has 2 aliphatic heterocycles. The van der Waals surface area contributed by atoms with Crippen LogP contribution in [0.15, 0.2) is 48.8 Å². The number of nitrogens with zero attached hydrogens (tertiary/aromatic N) is 1. The molecular formula is C20H21N3O. The number of benzene rings is 1. The van der Waals surface area contributed by atoms with Gasteiger partial charge in [0.05, 0.1) is 5.60 Å². The topological polar surface area (TPSA) is 60.9 Å². The summed E-state index contributed by atoms with van der Waals surface area (Å²) in [6.07, 6.45) is 7.77. The first kappa shape index (κ1) is 14.2. The van der Waals surface area contributed by atoms with Crippen LogP contribution >= 0.6 is 0 Å². The number of hydrogen-bond donors (Lipinski definition) is 3. The number of H-pyrrole nitrogens is 1. The minimum absolute atomic E-state index is 0.466. The Labute approximate surface area is 140 Å². The van der Waals surface area contributed by atoms with E-state index in [2.05, 4.69) is 45.6 Å². The molecule has 2 atom stereocenters. The molecular weight excluding hydrogens is 298 g/mol. The number of hydrogen-bond acceptors (Lipinski definition) is 3. The summed E-state index contributed by atoms with van der Waals surface area (Å²) >= 11 is 0. The highest BCUT2D eigenvalue weighted by atomic mass is 16.3. The summed E-state index contributed by atoms with van der Waals surface area (Å²) in [6, 6.07) is 13.5. The molecule has 1 aromatic carbocycles. The fourth-order valence-corrected chi connectivity index (χ4v) is 4.53. The van der Waals surface area contributed by atoms with Gasteiger partial charge in [0.25, 0.3) is 0 Å². The minimum Gasteiger partial charge on any atom is -0.385 e. The van der Waals surface area contributed by atoms with Gasteiger partial charge in [-0.05, 0) is 54.5 Å². The largest absolute Gasteiger partial charge is 0.385 e. The van der Waals surface area contributed by atoms with E-state index in [-0.39, 0.29) is 0 Å². The molecule has 2 aliphatic rings. The van der Waals surface area contributed by atoms with Crippen LogP contribution in [0.1, 0.15) is 31.2 Å². The molecule has 5 rings (SSSR count). The Hall–Kier alpha value is -2.17. The molecule has 122 valence electrons. The summed E-state index contributed by atoms with van der Waals surface area (Å²) in [6.45, 7) is 0. The van der Waals surface area contributed by atoms with Crippen molar-refractivity contribution >= 4 is 11.0 Å². The zero-order chi connectivity index (χ0) is 16.1. The molecule has 2 fully saturated rings. The van der Waals surface area contributed by atoms with Gasteiger partial charge in [-0.25, -0.2) is 4.98 Å². The van der Waals surface area contributed by atoms with Gasteiger partial charge >= 0.3 is 0 Å². The van der Waals surface area contributed by atoms with Gasteiger partial charge in [-0.1, -0.05) is 24.3 Å². The van der Waals surface area contributed by atoms with Crippen LogP contribution in [-0.2, 0) is 5.60 Å². The van der Waals surface area contributed by atoms with Crippen LogP contribution < -0.4 is 5.32 Å². The predicted molar refractivity (Wildman–Crippen MR) is 94.6 cm³/mol. The third-order valence-corrected chi connectivity index (χ3v) is 5.70. The number of aromatic nitrogens is 2. The SMILES string of the molecule is OC1(c2ccc(-c3ccnc4[nH]ccc34)cc2)CC2CCC(C1)N2. The lowest BCUT2D eigenvalue weighted by Crippen LogP contribution is -2.46. The molecule has 0 radical (unpaired) electrons. The van der Waals surface area contributed by atoms with Gasteiger partial charge in [0.1, 0.15) is 5.65 Å². The Kier molecular flexibility index (Phi) is 3.05. The van der Waals surface area contributed by atoms with Gasteiger partial charge in [-0.3, -0.25) is 0 Å². The maximum Gasteiger partial charge on any atom is 0.137 e. The number of rotatable bonds is 2. The zero-order valence-corrected chi connectivity index (χ0v) is 13.5. The van der Waals surface area contributed by atoms with Crippen LogP contribution in [0.2, 0.25) is 0 Å². The second kappa shape index (κ2) is 5.16. The second-order valence-electron chi connectivity index (χ2n) is 7.25. The highest BCUT2D eigenvalue weighted by molar-refractivity contribution is 5.92. The van der Waals surface area contributed by atoms with Gasteiger partial charge in [-0.2, -0.15) is 0 Å². The molecule has 0 spiro atoms. The Balaban J connectivity index is 1.50. The molecule has 2 unspecified atom stereocenters. The van der Waals surface area contributed by atoms with Crippen molar-refractivity contribution < 1.29 is 5.11 Å². The van der Waals surface area contributed by atoms with Crippen molar-refractivity contribution in [3.63, 3.8) is 0 Å². The monoisotopic (exact) mass is 319 g/mol. The maximum absolute atomic E-state index is 11.2. The normalized spacial score (nSPS) is 29.2. The van der Waals surface area contributed by atoms with Crippen molar-refractivity contribution in [1.29, 1.82) is 0 Å². The lowest BCUT2D eigenvalue weighted by Gasteiger charge is -2.37. The van der Waals surface area contributed by atoms with Crippen LogP contribution in [-0.4, -0.2) is 27.2 Å². The van der Waals surface area contributed by atoms with E-state index in [9.17, 15) is 5.11 Å². The molecule has 4 heteroatoms. The predicted octanol–water partition coefficient (Wildman–Crippen LogP) is 3.33. The summed E-state index contributed by atoms with van der Waals surface area (Å²) in [5, 5.41) is 15.9. The number of fused-ring (bicyclic) bond motifs is 3. The molecule has 4 nitrogen and oxygen atoms in total. The van der Waals surface area contributed by atoms with Crippen LogP contribution in [0, 0.1) is 0 Å². The molecule has 0 amide bonds. The smallest absolute Gasteiger partial charge is 0.137 e. The first-order valence-corrected chi connectivity index (χ1v) is 8.73. The van der Waals surface area contributed by atoms with Gasteiger partial charge in [0, 0.05) is 29.9 Å². The number of nitrogens with one attached hydrogen (secondary N) is 2. The highest BCUT2D eigenvalue weighted by Crippen LogP contribution is 2.41. The van der Waals surface area contributed by atoms with Crippen molar-refractivity contribution in [2.45, 2.75) is 43.4 Å². The Morgan fingerprint density at radius 2 is 1.75 bits per heavy atom. The summed E-state index contributed by atoms with van der Waals surface area (Å²) in [4.78, 5) is 7.51. The molecule has 2 aromatic heterocycles. The van der Waals surface area contributed by atoms with Crippen molar-refractivity contribution in [2.75, 3.05) is 0 Å². The van der Waals surface area contributed by atoms with E-state index in [1.165, 1.54) is 18.4 Å². The quantitative estimate of drug-likeness (QED) is 0.679. The van der Waals surface area contributed by atoms with Crippen molar-refractivity contribution in [3.8, 4) is 11.1 Å². The fourth-order valence-electron chi connectivity index (χ4n) is 4.53. The van der Waals surface area contributed by atoms with Crippen LogP contribution in [0.4, 0.5) is 0 Å². The Bertz CT molecular complexity index is 871. The molecule has 2 bridgehead atoms. The van der Waals surface area contributed by atoms with Crippen LogP contribution in [0.25, 0.3) is 22.2 Å². The molecule has 2 saturated heterocycles. The fraction of sp³-hybridized carbons (Fsp3) is 0.350. The summed E-state index contributed by atoms with van der Waals surface area (Å²) in [7, 11) is 0. The molecule has 24 heavy (non-hydrogen) atoms. The summed E-state index contributed by atoms with van der Waals surface area (Å²) < 4.78 is 0. The zero-order valence-electron chi connectivity index (χ0n) is 13.5. The van der Waals surface area contributed by atoms with Gasteiger partial charge in [0.2, 0.25) is 0 Å². The van der Waals surface area contributed by atoms with E-state index in [0.717, 1.165) is 35.0 Å². The molecule has 3 aromatic rings. The van der Waals surface area contributed by atoms with E-state index in [1.807, 2.05) is 18.5 Å². The molecule has 3 N–H and O–H groups in total. The minimum atomic E-state index is -0.683.